The van der Waals surface area contributed by atoms with Crippen molar-refractivity contribution in [3.8, 4) is 0 Å². The Bertz CT molecular complexity index is 556. The summed E-state index contributed by atoms with van der Waals surface area (Å²) in [4.78, 5) is 0. The number of aromatic nitrogens is 3. The van der Waals surface area contributed by atoms with Gasteiger partial charge in [0.05, 0.1) is 6.54 Å². The molecular weight excluding hydrogens is 251 g/mol. The van der Waals surface area contributed by atoms with Crippen molar-refractivity contribution >= 4 is 12.2 Å². The molecule has 1 aromatic heterocycles. The minimum atomic E-state index is -4.51. The number of aromatic amines is 1. The zero-order chi connectivity index (χ0) is 12.5. The minimum absolute atomic E-state index is 0.0406. The van der Waals surface area contributed by atoms with E-state index in [1.54, 1.807) is 30.3 Å². The van der Waals surface area contributed by atoms with Crippen molar-refractivity contribution in [3.63, 3.8) is 0 Å². The highest BCUT2D eigenvalue weighted by Crippen LogP contribution is 2.27. The quantitative estimate of drug-likeness (QED) is 0.841. The number of nitrogens with zero attached hydrogens (tertiary/aromatic N) is 2. The lowest BCUT2D eigenvalue weighted by Crippen LogP contribution is -2.15. The second kappa shape index (κ2) is 4.33. The van der Waals surface area contributed by atoms with Crippen LogP contribution in [-0.4, -0.2) is 14.8 Å². The number of nitrogens with one attached hydrogen (secondary N) is 1. The first kappa shape index (κ1) is 11.8. The summed E-state index contributed by atoms with van der Waals surface area (Å²) in [7, 11) is 0. The van der Waals surface area contributed by atoms with E-state index >= 15 is 0 Å². The molecular formula is C10H8F3N3S. The average Bonchev–Trinajstić information content (AvgIpc) is 2.62. The van der Waals surface area contributed by atoms with Crippen LogP contribution in [0.1, 0.15) is 11.4 Å². The van der Waals surface area contributed by atoms with E-state index in [1.807, 2.05) is 0 Å². The van der Waals surface area contributed by atoms with Crippen molar-refractivity contribution in [2.24, 2.45) is 0 Å². The fourth-order valence-corrected chi connectivity index (χ4v) is 1.64. The van der Waals surface area contributed by atoms with Crippen molar-refractivity contribution in [2.45, 2.75) is 12.7 Å². The van der Waals surface area contributed by atoms with Crippen LogP contribution in [0.4, 0.5) is 13.2 Å². The molecule has 1 heterocycles. The maximum atomic E-state index is 12.6. The third-order valence-electron chi connectivity index (χ3n) is 2.20. The predicted molar refractivity (Wildman–Crippen MR) is 58.0 cm³/mol. The molecule has 0 atom stereocenters. The van der Waals surface area contributed by atoms with Gasteiger partial charge in [0.25, 0.3) is 0 Å². The highest BCUT2D eigenvalue weighted by atomic mass is 32.1. The minimum Gasteiger partial charge on any atom is -0.292 e. The fourth-order valence-electron chi connectivity index (χ4n) is 1.45. The van der Waals surface area contributed by atoms with E-state index in [4.69, 9.17) is 12.2 Å². The predicted octanol–water partition coefficient (Wildman–Crippen LogP) is 3.01. The summed E-state index contributed by atoms with van der Waals surface area (Å²) in [6.45, 7) is 0.0466. The Morgan fingerprint density at radius 3 is 2.47 bits per heavy atom. The van der Waals surface area contributed by atoms with Crippen molar-refractivity contribution in [1.82, 2.24) is 14.8 Å². The van der Waals surface area contributed by atoms with Crippen molar-refractivity contribution in [3.05, 3.63) is 46.5 Å². The molecule has 0 fully saturated rings. The molecule has 0 spiro atoms. The van der Waals surface area contributed by atoms with E-state index in [1.165, 1.54) is 0 Å². The van der Waals surface area contributed by atoms with Gasteiger partial charge in [-0.3, -0.25) is 9.67 Å². The Hall–Kier alpha value is -1.63. The maximum absolute atomic E-state index is 12.6. The number of hydrogen-bond acceptors (Lipinski definition) is 2. The van der Waals surface area contributed by atoms with Crippen LogP contribution in [0.15, 0.2) is 30.3 Å². The summed E-state index contributed by atoms with van der Waals surface area (Å²) in [6.07, 6.45) is -4.51. The second-order valence-corrected chi connectivity index (χ2v) is 3.81. The Morgan fingerprint density at radius 2 is 1.88 bits per heavy atom. The third-order valence-corrected chi connectivity index (χ3v) is 2.51. The standard InChI is InChI=1S/C10H8F3N3S/c11-10(12,13)8-14-15-9(17)16(8)6-7-4-2-1-3-5-7/h1-5H,6H2,(H,15,17). The highest BCUT2D eigenvalue weighted by Gasteiger charge is 2.37. The monoisotopic (exact) mass is 259 g/mol. The van der Waals surface area contributed by atoms with Gasteiger partial charge >= 0.3 is 6.18 Å². The van der Waals surface area contributed by atoms with Gasteiger partial charge in [0.1, 0.15) is 0 Å². The second-order valence-electron chi connectivity index (χ2n) is 3.42. The van der Waals surface area contributed by atoms with Crippen LogP contribution in [0, 0.1) is 4.77 Å². The molecule has 1 aromatic carbocycles. The van der Waals surface area contributed by atoms with Crippen LogP contribution in [0.3, 0.4) is 0 Å². The molecule has 2 aromatic rings. The summed E-state index contributed by atoms with van der Waals surface area (Å²) in [6, 6.07) is 8.77. The summed E-state index contributed by atoms with van der Waals surface area (Å²) in [5.41, 5.74) is 0.732. The molecule has 0 bridgehead atoms. The van der Waals surface area contributed by atoms with E-state index < -0.39 is 12.0 Å². The van der Waals surface area contributed by atoms with E-state index in [-0.39, 0.29) is 11.3 Å². The Kier molecular flexibility index (Phi) is 3.01. The van der Waals surface area contributed by atoms with Gasteiger partial charge in [-0.15, -0.1) is 5.10 Å². The highest BCUT2D eigenvalue weighted by molar-refractivity contribution is 7.71. The zero-order valence-corrected chi connectivity index (χ0v) is 9.35. The number of H-pyrrole nitrogens is 1. The average molecular weight is 259 g/mol. The van der Waals surface area contributed by atoms with Crippen molar-refractivity contribution in [1.29, 1.82) is 0 Å². The van der Waals surface area contributed by atoms with E-state index in [0.29, 0.717) is 0 Å². The molecule has 17 heavy (non-hydrogen) atoms. The molecule has 0 radical (unpaired) electrons. The van der Waals surface area contributed by atoms with Gasteiger partial charge in [-0.25, -0.2) is 0 Å². The lowest BCUT2D eigenvalue weighted by atomic mass is 10.2. The van der Waals surface area contributed by atoms with E-state index in [0.717, 1.165) is 10.1 Å². The first-order chi connectivity index (χ1) is 7.98. The molecule has 1 N–H and O–H groups in total. The van der Waals surface area contributed by atoms with Crippen molar-refractivity contribution < 1.29 is 13.2 Å². The van der Waals surface area contributed by atoms with Crippen LogP contribution < -0.4 is 0 Å². The van der Waals surface area contributed by atoms with Gasteiger partial charge in [0.15, 0.2) is 4.77 Å². The molecule has 0 aliphatic heterocycles. The van der Waals surface area contributed by atoms with Gasteiger partial charge in [-0.2, -0.15) is 13.2 Å². The fraction of sp³-hybridized carbons (Fsp3) is 0.200. The van der Waals surface area contributed by atoms with Crippen LogP contribution >= 0.6 is 12.2 Å². The maximum Gasteiger partial charge on any atom is 0.451 e. The SMILES string of the molecule is FC(F)(F)c1n[nH]c(=S)n1Cc1ccccc1. The molecule has 0 saturated heterocycles. The van der Waals surface area contributed by atoms with Gasteiger partial charge in [0, 0.05) is 0 Å². The molecule has 0 saturated carbocycles. The first-order valence-corrected chi connectivity index (χ1v) is 5.15. The van der Waals surface area contributed by atoms with Crippen LogP contribution in [-0.2, 0) is 12.7 Å². The summed E-state index contributed by atoms with van der Waals surface area (Å²) in [5, 5.41) is 5.36. The van der Waals surface area contributed by atoms with Crippen LogP contribution in [0.5, 0.6) is 0 Å². The molecule has 90 valence electrons. The van der Waals surface area contributed by atoms with Gasteiger partial charge in [-0.05, 0) is 17.8 Å². The molecule has 2 rings (SSSR count). The smallest absolute Gasteiger partial charge is 0.292 e. The molecule has 0 aliphatic rings. The Morgan fingerprint density at radius 1 is 1.24 bits per heavy atom. The molecule has 0 amide bonds. The van der Waals surface area contributed by atoms with Crippen molar-refractivity contribution in [2.75, 3.05) is 0 Å². The number of rotatable bonds is 2. The Labute approximate surface area is 99.9 Å². The summed E-state index contributed by atoms with van der Waals surface area (Å²) >= 11 is 4.79. The molecule has 7 heteroatoms. The summed E-state index contributed by atoms with van der Waals surface area (Å²) < 4.78 is 38.7. The number of halogens is 3. The third kappa shape index (κ3) is 2.55. The normalized spacial score (nSPS) is 11.7. The summed E-state index contributed by atoms with van der Waals surface area (Å²) in [5.74, 6) is -1.01. The number of alkyl halides is 3. The topological polar surface area (TPSA) is 33.6 Å². The zero-order valence-electron chi connectivity index (χ0n) is 8.53. The van der Waals surface area contributed by atoms with Gasteiger partial charge < -0.3 is 0 Å². The van der Waals surface area contributed by atoms with E-state index in [9.17, 15) is 13.2 Å². The van der Waals surface area contributed by atoms with Gasteiger partial charge in [-0.1, -0.05) is 30.3 Å². The lowest BCUT2D eigenvalue weighted by molar-refractivity contribution is -0.147. The first-order valence-electron chi connectivity index (χ1n) is 4.75. The van der Waals surface area contributed by atoms with Gasteiger partial charge in [0.2, 0.25) is 5.82 Å². The molecule has 0 unspecified atom stereocenters. The molecule has 3 nitrogen and oxygen atoms in total. The van der Waals surface area contributed by atoms with Crippen LogP contribution in [0.25, 0.3) is 0 Å². The van der Waals surface area contributed by atoms with E-state index in [2.05, 4.69) is 10.2 Å². The molecule has 0 aliphatic carbocycles. The number of benzene rings is 1. The largest absolute Gasteiger partial charge is 0.451 e. The number of hydrogen-bond donors (Lipinski definition) is 1. The Balaban J connectivity index is 2.40. The lowest BCUT2D eigenvalue weighted by Gasteiger charge is -2.09. The van der Waals surface area contributed by atoms with Crippen LogP contribution in [0.2, 0.25) is 0 Å².